The Kier molecular flexibility index (Phi) is 4.38. The normalized spacial score (nSPS) is 20.5. The molecule has 0 N–H and O–H groups in total. The van der Waals surface area contributed by atoms with Crippen molar-refractivity contribution >= 4 is 5.91 Å². The number of carbonyl (C=O) groups is 1. The van der Waals surface area contributed by atoms with Crippen LogP contribution in [-0.2, 0) is 6.42 Å². The van der Waals surface area contributed by atoms with Gasteiger partial charge in [0.1, 0.15) is 5.56 Å². The third kappa shape index (κ3) is 3.50. The summed E-state index contributed by atoms with van der Waals surface area (Å²) in [7, 11) is 1.53. The number of hydrogen-bond acceptors (Lipinski definition) is 6. The van der Waals surface area contributed by atoms with Crippen molar-refractivity contribution in [2.75, 3.05) is 20.2 Å². The van der Waals surface area contributed by atoms with Gasteiger partial charge in [-0.1, -0.05) is 5.16 Å². The number of rotatable bonds is 5. The number of ether oxygens (including phenoxy) is 1. The molecule has 4 rings (SSSR count). The maximum atomic E-state index is 12.8. The molecule has 2 fully saturated rings. The first-order chi connectivity index (χ1) is 12.2. The lowest BCUT2D eigenvalue weighted by atomic mass is 9.94. The van der Waals surface area contributed by atoms with Gasteiger partial charge in [0.25, 0.3) is 5.91 Å². The molecule has 0 radical (unpaired) electrons. The van der Waals surface area contributed by atoms with E-state index in [-0.39, 0.29) is 5.91 Å². The third-order valence-electron chi connectivity index (χ3n) is 4.89. The lowest BCUT2D eigenvalue weighted by Crippen LogP contribution is -2.40. The van der Waals surface area contributed by atoms with Crippen molar-refractivity contribution in [3.05, 3.63) is 35.6 Å². The fourth-order valence-electron chi connectivity index (χ4n) is 3.41. The molecule has 1 aliphatic carbocycles. The van der Waals surface area contributed by atoms with E-state index in [9.17, 15) is 4.79 Å². The van der Waals surface area contributed by atoms with Crippen molar-refractivity contribution in [3.8, 4) is 5.88 Å². The Bertz CT molecular complexity index is 756. The SMILES string of the molecule is COc1ncccc1C(=O)N1CCC[C@@H](Cc2nc(C3CC3)no2)C1. The summed E-state index contributed by atoms with van der Waals surface area (Å²) in [6.45, 7) is 1.45. The number of likely N-dealkylation sites (tertiary alicyclic amines) is 1. The second kappa shape index (κ2) is 6.82. The summed E-state index contributed by atoms with van der Waals surface area (Å²) in [5.74, 6) is 2.73. The van der Waals surface area contributed by atoms with E-state index in [0.717, 1.165) is 44.5 Å². The number of piperidine rings is 1. The average Bonchev–Trinajstić information content (AvgIpc) is 3.41. The monoisotopic (exact) mass is 342 g/mol. The molecule has 7 heteroatoms. The van der Waals surface area contributed by atoms with Crippen molar-refractivity contribution < 1.29 is 14.1 Å². The molecule has 2 aromatic rings. The Morgan fingerprint density at radius 1 is 1.40 bits per heavy atom. The molecule has 3 heterocycles. The van der Waals surface area contributed by atoms with E-state index in [0.29, 0.717) is 35.7 Å². The Balaban J connectivity index is 1.42. The molecule has 132 valence electrons. The van der Waals surface area contributed by atoms with Crippen LogP contribution < -0.4 is 4.74 Å². The van der Waals surface area contributed by atoms with Crippen molar-refractivity contribution in [1.82, 2.24) is 20.0 Å². The van der Waals surface area contributed by atoms with Gasteiger partial charge in [-0.25, -0.2) is 4.98 Å². The first kappa shape index (κ1) is 16.1. The van der Waals surface area contributed by atoms with Gasteiger partial charge in [-0.3, -0.25) is 4.79 Å². The highest BCUT2D eigenvalue weighted by molar-refractivity contribution is 5.96. The van der Waals surface area contributed by atoms with Crippen LogP contribution in [0, 0.1) is 5.92 Å². The maximum Gasteiger partial charge on any atom is 0.259 e. The molecule has 25 heavy (non-hydrogen) atoms. The minimum Gasteiger partial charge on any atom is -0.480 e. The van der Waals surface area contributed by atoms with Crippen LogP contribution in [0.2, 0.25) is 0 Å². The van der Waals surface area contributed by atoms with E-state index < -0.39 is 0 Å². The van der Waals surface area contributed by atoms with Crippen LogP contribution in [0.5, 0.6) is 5.88 Å². The second-order valence-corrected chi connectivity index (χ2v) is 6.84. The Morgan fingerprint density at radius 2 is 2.28 bits per heavy atom. The lowest BCUT2D eigenvalue weighted by molar-refractivity contribution is 0.0664. The molecule has 1 saturated carbocycles. The maximum absolute atomic E-state index is 12.8. The summed E-state index contributed by atoms with van der Waals surface area (Å²) in [6, 6.07) is 3.52. The summed E-state index contributed by atoms with van der Waals surface area (Å²) in [5.41, 5.74) is 0.513. The Morgan fingerprint density at radius 3 is 3.08 bits per heavy atom. The van der Waals surface area contributed by atoms with E-state index >= 15 is 0 Å². The summed E-state index contributed by atoms with van der Waals surface area (Å²) < 4.78 is 10.6. The van der Waals surface area contributed by atoms with Crippen LogP contribution in [0.3, 0.4) is 0 Å². The fraction of sp³-hybridized carbons (Fsp3) is 0.556. The van der Waals surface area contributed by atoms with Crippen LogP contribution in [0.4, 0.5) is 0 Å². The zero-order chi connectivity index (χ0) is 17.2. The Labute approximate surface area is 146 Å². The highest BCUT2D eigenvalue weighted by Crippen LogP contribution is 2.38. The van der Waals surface area contributed by atoms with Gasteiger partial charge < -0.3 is 14.2 Å². The minimum atomic E-state index is -0.0288. The predicted octanol–water partition coefficient (Wildman–Crippen LogP) is 2.45. The van der Waals surface area contributed by atoms with Gasteiger partial charge >= 0.3 is 0 Å². The van der Waals surface area contributed by atoms with Crippen LogP contribution in [0.1, 0.15) is 53.7 Å². The summed E-state index contributed by atoms with van der Waals surface area (Å²) in [5, 5.41) is 4.08. The minimum absolute atomic E-state index is 0.0288. The molecule has 1 aliphatic heterocycles. The zero-order valence-corrected chi connectivity index (χ0v) is 14.4. The molecule has 2 aliphatic rings. The van der Waals surface area contributed by atoms with E-state index in [2.05, 4.69) is 15.1 Å². The zero-order valence-electron chi connectivity index (χ0n) is 14.4. The van der Waals surface area contributed by atoms with E-state index in [1.54, 1.807) is 18.3 Å². The van der Waals surface area contributed by atoms with Crippen molar-refractivity contribution in [3.63, 3.8) is 0 Å². The topological polar surface area (TPSA) is 81.4 Å². The molecule has 7 nitrogen and oxygen atoms in total. The van der Waals surface area contributed by atoms with Crippen LogP contribution >= 0.6 is 0 Å². The van der Waals surface area contributed by atoms with E-state index in [4.69, 9.17) is 9.26 Å². The van der Waals surface area contributed by atoms with E-state index in [1.165, 1.54) is 7.11 Å². The fourth-order valence-corrected chi connectivity index (χ4v) is 3.41. The number of pyridine rings is 1. The van der Waals surface area contributed by atoms with Crippen LogP contribution in [0.25, 0.3) is 0 Å². The summed E-state index contributed by atoms with van der Waals surface area (Å²) in [6.07, 6.45) is 6.72. The largest absolute Gasteiger partial charge is 0.480 e. The molecule has 1 atom stereocenters. The molecule has 0 aromatic carbocycles. The average molecular weight is 342 g/mol. The number of nitrogens with zero attached hydrogens (tertiary/aromatic N) is 4. The second-order valence-electron chi connectivity index (χ2n) is 6.84. The standard InChI is InChI=1S/C18H22N4O3/c1-24-17-14(5-2-8-19-17)18(23)22-9-3-4-12(11-22)10-15-20-16(21-25-15)13-6-7-13/h2,5,8,12-13H,3-4,6-7,9-11H2,1H3/t12-/m0/s1. The molecule has 1 saturated heterocycles. The van der Waals surface area contributed by atoms with Crippen molar-refractivity contribution in [2.24, 2.45) is 5.92 Å². The molecule has 0 bridgehead atoms. The Hall–Kier alpha value is -2.44. The summed E-state index contributed by atoms with van der Waals surface area (Å²) in [4.78, 5) is 23.3. The number of amides is 1. The van der Waals surface area contributed by atoms with Gasteiger partial charge in [-0.2, -0.15) is 4.98 Å². The number of carbonyl (C=O) groups excluding carboxylic acids is 1. The lowest BCUT2D eigenvalue weighted by Gasteiger charge is -2.32. The van der Waals surface area contributed by atoms with Gasteiger partial charge in [-0.15, -0.1) is 0 Å². The van der Waals surface area contributed by atoms with Gasteiger partial charge in [0, 0.05) is 31.6 Å². The quantitative estimate of drug-likeness (QED) is 0.830. The van der Waals surface area contributed by atoms with Crippen molar-refractivity contribution in [1.29, 1.82) is 0 Å². The highest BCUT2D eigenvalue weighted by Gasteiger charge is 2.31. The molecule has 1 amide bonds. The van der Waals surface area contributed by atoms with Gasteiger partial charge in [0.2, 0.25) is 11.8 Å². The van der Waals surface area contributed by atoms with E-state index in [1.807, 2.05) is 4.90 Å². The highest BCUT2D eigenvalue weighted by atomic mass is 16.5. The molecule has 0 unspecified atom stereocenters. The molecule has 0 spiro atoms. The van der Waals surface area contributed by atoms with Gasteiger partial charge in [-0.05, 0) is 43.7 Å². The van der Waals surface area contributed by atoms with Gasteiger partial charge in [0.15, 0.2) is 5.82 Å². The predicted molar refractivity (Wildman–Crippen MR) is 89.4 cm³/mol. The van der Waals surface area contributed by atoms with Crippen LogP contribution in [-0.4, -0.2) is 46.1 Å². The first-order valence-corrected chi connectivity index (χ1v) is 8.85. The number of methoxy groups -OCH3 is 1. The smallest absolute Gasteiger partial charge is 0.259 e. The molecule has 2 aromatic heterocycles. The molecular weight excluding hydrogens is 320 g/mol. The summed E-state index contributed by atoms with van der Waals surface area (Å²) >= 11 is 0. The third-order valence-corrected chi connectivity index (χ3v) is 4.89. The van der Waals surface area contributed by atoms with Gasteiger partial charge in [0.05, 0.1) is 7.11 Å². The van der Waals surface area contributed by atoms with Crippen LogP contribution in [0.15, 0.2) is 22.9 Å². The molecular formula is C18H22N4O3. The first-order valence-electron chi connectivity index (χ1n) is 8.85. The van der Waals surface area contributed by atoms with Crippen molar-refractivity contribution in [2.45, 2.75) is 38.0 Å². The number of hydrogen-bond donors (Lipinski definition) is 0. The number of aromatic nitrogens is 3.